The second kappa shape index (κ2) is 11.9. The van der Waals surface area contributed by atoms with Crippen molar-refractivity contribution < 1.29 is 34.1 Å². The van der Waals surface area contributed by atoms with Crippen molar-refractivity contribution in [2.24, 2.45) is 0 Å². The Morgan fingerprint density at radius 3 is 2.18 bits per heavy atom. The van der Waals surface area contributed by atoms with Gasteiger partial charge in [0.15, 0.2) is 0 Å². The fraction of sp³-hybridized carbons (Fsp3) is 0.458. The quantitative estimate of drug-likeness (QED) is 0.369. The predicted octanol–water partition coefficient (Wildman–Crippen LogP) is 0.969. The molecule has 178 valence electrons. The Morgan fingerprint density at radius 1 is 1.06 bits per heavy atom. The lowest BCUT2D eigenvalue weighted by molar-refractivity contribution is -0.144. The molecule has 0 heterocycles. The number of aliphatic hydroxyl groups excluding tert-OH is 2. The number of carbonyl (C=O) groups excluding carboxylic acids is 3. The van der Waals surface area contributed by atoms with E-state index in [0.29, 0.717) is 5.56 Å². The van der Waals surface area contributed by atoms with E-state index in [4.69, 9.17) is 19.7 Å². The van der Waals surface area contributed by atoms with E-state index in [1.54, 1.807) is 46.8 Å². The normalized spacial score (nSPS) is 12.6. The highest BCUT2D eigenvalue weighted by Gasteiger charge is 2.39. The van der Waals surface area contributed by atoms with Crippen LogP contribution < -0.4 is 10.6 Å². The largest absolute Gasteiger partial charge is 0.467 e. The van der Waals surface area contributed by atoms with Crippen LogP contribution >= 0.6 is 0 Å². The molecule has 1 rings (SSSR count). The van der Waals surface area contributed by atoms with Crippen molar-refractivity contribution in [3.63, 3.8) is 0 Å². The van der Waals surface area contributed by atoms with E-state index in [2.05, 4.69) is 34.3 Å². The summed E-state index contributed by atoms with van der Waals surface area (Å²) in [4.78, 5) is 37.3. The number of rotatable bonds is 6. The number of amides is 2. The lowest BCUT2D eigenvalue weighted by Crippen LogP contribution is -2.62. The van der Waals surface area contributed by atoms with Gasteiger partial charge in [0.2, 0.25) is 0 Å². The molecule has 0 aliphatic carbocycles. The summed E-state index contributed by atoms with van der Waals surface area (Å²) in [5.74, 6) is 8.73. The molecule has 0 saturated carbocycles. The van der Waals surface area contributed by atoms with Crippen LogP contribution in [0.2, 0.25) is 0 Å². The Kier molecular flexibility index (Phi) is 9.93. The maximum atomic E-state index is 12.7. The van der Waals surface area contributed by atoms with Gasteiger partial charge in [-0.1, -0.05) is 11.8 Å². The van der Waals surface area contributed by atoms with Crippen molar-refractivity contribution in [3.05, 3.63) is 35.4 Å². The lowest BCUT2D eigenvalue weighted by atomic mass is 9.94. The summed E-state index contributed by atoms with van der Waals surface area (Å²) in [5.41, 5.74) is -1.15. The van der Waals surface area contributed by atoms with Crippen LogP contribution in [0.25, 0.3) is 0 Å². The van der Waals surface area contributed by atoms with Gasteiger partial charge in [-0.2, -0.15) is 0 Å². The number of esters is 1. The van der Waals surface area contributed by atoms with Gasteiger partial charge in [0.05, 0.1) is 19.3 Å². The highest BCUT2D eigenvalue weighted by molar-refractivity contribution is 5.97. The topological polar surface area (TPSA) is 134 Å². The van der Waals surface area contributed by atoms with Gasteiger partial charge in [0.1, 0.15) is 17.7 Å². The summed E-state index contributed by atoms with van der Waals surface area (Å²) in [5, 5.41) is 23.0. The van der Waals surface area contributed by atoms with Crippen LogP contribution in [0.15, 0.2) is 24.3 Å². The van der Waals surface area contributed by atoms with Crippen molar-refractivity contribution in [3.8, 4) is 23.7 Å². The molecular weight excluding hydrogens is 428 g/mol. The molecule has 2 unspecified atom stereocenters. The maximum absolute atomic E-state index is 12.7. The fourth-order valence-electron chi connectivity index (χ4n) is 2.48. The van der Waals surface area contributed by atoms with E-state index in [0.717, 1.165) is 0 Å². The molecule has 9 heteroatoms. The van der Waals surface area contributed by atoms with Gasteiger partial charge in [-0.3, -0.25) is 4.79 Å². The van der Waals surface area contributed by atoms with Gasteiger partial charge in [-0.15, -0.1) is 0 Å². The first-order chi connectivity index (χ1) is 15.3. The van der Waals surface area contributed by atoms with Gasteiger partial charge < -0.3 is 30.3 Å². The number of alkyl carbamates (subject to hydrolysis) is 1. The van der Waals surface area contributed by atoms with Gasteiger partial charge in [-0.05, 0) is 70.7 Å². The number of ether oxygens (including phenoxy) is 2. The molecular formula is C24H30N2O7. The molecule has 0 fully saturated rings. The molecule has 0 aliphatic heterocycles. The number of hydrogen-bond acceptors (Lipinski definition) is 7. The zero-order valence-corrected chi connectivity index (χ0v) is 19.6. The van der Waals surface area contributed by atoms with Crippen molar-refractivity contribution in [1.29, 1.82) is 0 Å². The standard InChI is InChI=1S/C24H30N2O7/c1-23(2,3)33-22(31)26-24(4,5)19(21(30)32-6)25-20(29)17-13-11-16(12-14-17)9-7-8-10-18(28)15-27/h11-14,18-19,27-28H,15H2,1-6H3,(H,25,29)(H,26,31). The molecule has 0 aliphatic rings. The molecule has 1 aromatic rings. The van der Waals surface area contributed by atoms with Crippen LogP contribution in [-0.2, 0) is 14.3 Å². The molecule has 0 spiro atoms. The summed E-state index contributed by atoms with van der Waals surface area (Å²) in [6.07, 6.45) is -1.89. The second-order valence-electron chi connectivity index (χ2n) is 8.57. The van der Waals surface area contributed by atoms with Crippen molar-refractivity contribution in [2.45, 2.75) is 57.9 Å². The Hall–Kier alpha value is -3.53. The Bertz CT molecular complexity index is 971. The molecule has 1 aromatic carbocycles. The summed E-state index contributed by atoms with van der Waals surface area (Å²) in [6, 6.07) is 5.00. The van der Waals surface area contributed by atoms with Crippen molar-refractivity contribution in [2.75, 3.05) is 13.7 Å². The Morgan fingerprint density at radius 2 is 1.67 bits per heavy atom. The average molecular weight is 459 g/mol. The molecule has 33 heavy (non-hydrogen) atoms. The van der Waals surface area contributed by atoms with E-state index < -0.39 is 47.9 Å². The molecule has 2 atom stereocenters. The highest BCUT2D eigenvalue weighted by atomic mass is 16.6. The van der Waals surface area contributed by atoms with Crippen molar-refractivity contribution >= 4 is 18.0 Å². The number of methoxy groups -OCH3 is 1. The molecule has 0 aromatic heterocycles. The number of aliphatic hydroxyl groups is 2. The monoisotopic (exact) mass is 458 g/mol. The van der Waals surface area contributed by atoms with Crippen LogP contribution in [0, 0.1) is 23.7 Å². The zero-order valence-electron chi connectivity index (χ0n) is 19.6. The summed E-state index contributed by atoms with van der Waals surface area (Å²) in [6.45, 7) is 7.77. The van der Waals surface area contributed by atoms with E-state index in [1.165, 1.54) is 19.2 Å². The zero-order chi connectivity index (χ0) is 25.2. The van der Waals surface area contributed by atoms with Gasteiger partial charge >= 0.3 is 12.1 Å². The van der Waals surface area contributed by atoms with Gasteiger partial charge in [0, 0.05) is 11.1 Å². The van der Waals surface area contributed by atoms with Crippen LogP contribution in [-0.4, -0.2) is 65.2 Å². The first-order valence-electron chi connectivity index (χ1n) is 10.1. The summed E-state index contributed by atoms with van der Waals surface area (Å²) >= 11 is 0. The average Bonchev–Trinajstić information content (AvgIpc) is 2.72. The number of nitrogens with one attached hydrogen (secondary N) is 2. The minimum atomic E-state index is -1.23. The minimum absolute atomic E-state index is 0.254. The van der Waals surface area contributed by atoms with Crippen LogP contribution in [0.5, 0.6) is 0 Å². The smallest absolute Gasteiger partial charge is 0.408 e. The number of carbonyl (C=O) groups is 3. The third-order valence-corrected chi connectivity index (χ3v) is 4.09. The first-order valence-corrected chi connectivity index (χ1v) is 10.1. The molecule has 0 bridgehead atoms. The van der Waals surface area contributed by atoms with Gasteiger partial charge in [-0.25, -0.2) is 9.59 Å². The molecule has 2 amide bonds. The minimum Gasteiger partial charge on any atom is -0.467 e. The summed E-state index contributed by atoms with van der Waals surface area (Å²) < 4.78 is 10.0. The third kappa shape index (κ3) is 9.65. The highest BCUT2D eigenvalue weighted by Crippen LogP contribution is 2.15. The first kappa shape index (κ1) is 27.5. The third-order valence-electron chi connectivity index (χ3n) is 4.09. The predicted molar refractivity (Wildman–Crippen MR) is 121 cm³/mol. The Balaban J connectivity index is 2.96. The van der Waals surface area contributed by atoms with Crippen molar-refractivity contribution in [1.82, 2.24) is 10.6 Å². The summed E-state index contributed by atoms with van der Waals surface area (Å²) in [7, 11) is 1.18. The van der Waals surface area contributed by atoms with Crippen LogP contribution in [0.4, 0.5) is 4.79 Å². The Labute approximate surface area is 193 Å². The number of benzene rings is 1. The van der Waals surface area contributed by atoms with E-state index >= 15 is 0 Å². The second-order valence-corrected chi connectivity index (χ2v) is 8.57. The number of hydrogen-bond donors (Lipinski definition) is 4. The molecule has 0 saturated heterocycles. The molecule has 9 nitrogen and oxygen atoms in total. The maximum Gasteiger partial charge on any atom is 0.408 e. The fourth-order valence-corrected chi connectivity index (χ4v) is 2.48. The van der Waals surface area contributed by atoms with Crippen LogP contribution in [0.3, 0.4) is 0 Å². The van der Waals surface area contributed by atoms with E-state index in [1.807, 2.05) is 0 Å². The van der Waals surface area contributed by atoms with E-state index in [9.17, 15) is 14.4 Å². The van der Waals surface area contributed by atoms with E-state index in [-0.39, 0.29) is 5.56 Å². The SMILES string of the molecule is COC(=O)C(NC(=O)c1ccc(C#CC#CC(O)CO)cc1)C(C)(C)NC(=O)OC(C)(C)C. The van der Waals surface area contributed by atoms with Crippen LogP contribution in [0.1, 0.15) is 50.5 Å². The lowest BCUT2D eigenvalue weighted by Gasteiger charge is -2.34. The molecule has 4 N–H and O–H groups in total. The molecule has 0 radical (unpaired) electrons. The van der Waals surface area contributed by atoms with Gasteiger partial charge in [0.25, 0.3) is 5.91 Å².